The summed E-state index contributed by atoms with van der Waals surface area (Å²) in [4.78, 5) is 24.4. The zero-order chi connectivity index (χ0) is 20.1. The van der Waals surface area contributed by atoms with Gasteiger partial charge in [-0.2, -0.15) is 4.31 Å². The highest BCUT2D eigenvalue weighted by Crippen LogP contribution is 2.21. The van der Waals surface area contributed by atoms with Gasteiger partial charge in [-0.3, -0.25) is 20.4 Å². The number of hydrogen-bond donors (Lipinski definition) is 2. The van der Waals surface area contributed by atoms with Gasteiger partial charge in [0, 0.05) is 23.1 Å². The van der Waals surface area contributed by atoms with E-state index in [1.807, 2.05) is 12.1 Å². The van der Waals surface area contributed by atoms with Gasteiger partial charge in [-0.15, -0.1) is 0 Å². The van der Waals surface area contributed by atoms with Gasteiger partial charge in [-0.05, 0) is 48.7 Å². The molecule has 0 saturated carbocycles. The first-order valence-electron chi connectivity index (χ1n) is 8.80. The molecule has 2 amide bonds. The molecule has 7 nitrogen and oxygen atoms in total. The largest absolute Gasteiger partial charge is 0.273 e. The molecule has 1 fully saturated rings. The van der Waals surface area contributed by atoms with E-state index in [4.69, 9.17) is 0 Å². The third-order valence-corrected chi connectivity index (χ3v) is 6.82. The van der Waals surface area contributed by atoms with Crippen LogP contribution in [0.1, 0.15) is 28.8 Å². The highest BCUT2D eigenvalue weighted by molar-refractivity contribution is 9.10. The van der Waals surface area contributed by atoms with E-state index in [-0.39, 0.29) is 22.8 Å². The van der Waals surface area contributed by atoms with E-state index in [1.54, 1.807) is 12.1 Å². The van der Waals surface area contributed by atoms with Crippen LogP contribution in [0.3, 0.4) is 0 Å². The van der Waals surface area contributed by atoms with Crippen molar-refractivity contribution in [1.82, 2.24) is 15.2 Å². The second kappa shape index (κ2) is 8.85. The van der Waals surface area contributed by atoms with E-state index in [2.05, 4.69) is 26.8 Å². The summed E-state index contributed by atoms with van der Waals surface area (Å²) in [5.41, 5.74) is 5.63. The number of nitrogens with zero attached hydrogens (tertiary/aromatic N) is 1. The molecule has 1 heterocycles. The van der Waals surface area contributed by atoms with Crippen molar-refractivity contribution in [3.05, 3.63) is 64.1 Å². The van der Waals surface area contributed by atoms with Crippen molar-refractivity contribution >= 4 is 37.8 Å². The molecule has 2 aromatic carbocycles. The van der Waals surface area contributed by atoms with Crippen LogP contribution in [0.2, 0.25) is 0 Å². The zero-order valence-corrected chi connectivity index (χ0v) is 17.4. The average Bonchev–Trinajstić information content (AvgIpc) is 3.24. The number of rotatable bonds is 5. The third-order valence-electron chi connectivity index (χ3n) is 4.39. The Balaban J connectivity index is 1.61. The molecule has 0 aliphatic carbocycles. The second-order valence-corrected chi connectivity index (χ2v) is 9.30. The van der Waals surface area contributed by atoms with E-state index < -0.39 is 15.9 Å². The molecular formula is C19H20BrN3O4S. The lowest BCUT2D eigenvalue weighted by Crippen LogP contribution is -2.42. The van der Waals surface area contributed by atoms with Crippen molar-refractivity contribution in [2.24, 2.45) is 0 Å². The molecule has 0 spiro atoms. The minimum atomic E-state index is -3.61. The Labute approximate surface area is 172 Å². The van der Waals surface area contributed by atoms with Crippen LogP contribution >= 0.6 is 15.9 Å². The lowest BCUT2D eigenvalue weighted by atomic mass is 10.1. The summed E-state index contributed by atoms with van der Waals surface area (Å²) in [6.07, 6.45) is 1.78. The molecule has 3 rings (SSSR count). The minimum Gasteiger partial charge on any atom is -0.273 e. The minimum absolute atomic E-state index is 0.0724. The van der Waals surface area contributed by atoms with Crippen molar-refractivity contribution < 1.29 is 18.0 Å². The highest BCUT2D eigenvalue weighted by atomic mass is 79.9. The first-order valence-corrected chi connectivity index (χ1v) is 11.0. The lowest BCUT2D eigenvalue weighted by molar-refractivity contribution is -0.121. The Morgan fingerprint density at radius 3 is 2.36 bits per heavy atom. The second-order valence-electron chi connectivity index (χ2n) is 6.44. The Morgan fingerprint density at radius 2 is 1.68 bits per heavy atom. The summed E-state index contributed by atoms with van der Waals surface area (Å²) < 4.78 is 27.6. The van der Waals surface area contributed by atoms with Crippen LogP contribution in [0.4, 0.5) is 0 Å². The third kappa shape index (κ3) is 4.98. The normalized spacial score (nSPS) is 14.6. The molecule has 0 unspecified atom stereocenters. The standard InChI is InChI=1S/C19H20BrN3O4S/c20-16-8-6-14(7-9-16)12-18(24)21-22-19(25)15-4-3-5-17(13-15)28(26,27)23-10-1-2-11-23/h3-9,13H,1-2,10-12H2,(H,21,24)(H,22,25). The molecule has 2 N–H and O–H groups in total. The van der Waals surface area contributed by atoms with Crippen LogP contribution in [0, 0.1) is 0 Å². The van der Waals surface area contributed by atoms with Gasteiger partial charge in [0.05, 0.1) is 11.3 Å². The zero-order valence-electron chi connectivity index (χ0n) is 15.0. The highest BCUT2D eigenvalue weighted by Gasteiger charge is 2.27. The summed E-state index contributed by atoms with van der Waals surface area (Å²) in [6, 6.07) is 13.1. The van der Waals surface area contributed by atoms with Gasteiger partial charge in [0.25, 0.3) is 5.91 Å². The number of hydrazine groups is 1. The number of halogens is 1. The Kier molecular flexibility index (Phi) is 6.48. The predicted octanol–water partition coefficient (Wildman–Crippen LogP) is 2.24. The lowest BCUT2D eigenvalue weighted by Gasteiger charge is -2.16. The molecule has 0 aromatic heterocycles. The van der Waals surface area contributed by atoms with Crippen LogP contribution in [0.25, 0.3) is 0 Å². The van der Waals surface area contributed by atoms with Crippen molar-refractivity contribution in [2.45, 2.75) is 24.2 Å². The van der Waals surface area contributed by atoms with E-state index in [0.29, 0.717) is 13.1 Å². The number of benzene rings is 2. The number of hydrogen-bond acceptors (Lipinski definition) is 4. The number of carbonyl (C=O) groups excluding carboxylic acids is 2. The Morgan fingerprint density at radius 1 is 1.00 bits per heavy atom. The van der Waals surface area contributed by atoms with E-state index in [0.717, 1.165) is 22.9 Å². The molecule has 2 aromatic rings. The smallest absolute Gasteiger partial charge is 0.269 e. The van der Waals surface area contributed by atoms with Gasteiger partial charge in [0.1, 0.15) is 0 Å². The quantitative estimate of drug-likeness (QED) is 0.661. The van der Waals surface area contributed by atoms with Crippen LogP contribution in [0.5, 0.6) is 0 Å². The van der Waals surface area contributed by atoms with Crippen LogP contribution < -0.4 is 10.9 Å². The summed E-state index contributed by atoms with van der Waals surface area (Å²) in [7, 11) is -3.61. The fourth-order valence-corrected chi connectivity index (χ4v) is 4.73. The molecule has 0 radical (unpaired) electrons. The fourth-order valence-electron chi connectivity index (χ4n) is 2.91. The summed E-state index contributed by atoms with van der Waals surface area (Å²) in [5, 5.41) is 0. The number of nitrogens with one attached hydrogen (secondary N) is 2. The van der Waals surface area contributed by atoms with Gasteiger partial charge in [0.15, 0.2) is 0 Å². The molecule has 148 valence electrons. The molecule has 0 atom stereocenters. The van der Waals surface area contributed by atoms with E-state index in [9.17, 15) is 18.0 Å². The number of sulfonamides is 1. The van der Waals surface area contributed by atoms with Gasteiger partial charge in [-0.25, -0.2) is 8.42 Å². The first-order chi connectivity index (χ1) is 13.4. The van der Waals surface area contributed by atoms with Gasteiger partial charge in [0.2, 0.25) is 15.9 Å². The molecule has 1 saturated heterocycles. The molecule has 9 heteroatoms. The molecular weight excluding hydrogens is 446 g/mol. The number of amides is 2. The van der Waals surface area contributed by atoms with Crippen LogP contribution in [0.15, 0.2) is 57.9 Å². The van der Waals surface area contributed by atoms with E-state index >= 15 is 0 Å². The van der Waals surface area contributed by atoms with Gasteiger partial charge < -0.3 is 0 Å². The van der Waals surface area contributed by atoms with Crippen molar-refractivity contribution in [3.8, 4) is 0 Å². The average molecular weight is 466 g/mol. The monoisotopic (exact) mass is 465 g/mol. The molecule has 0 bridgehead atoms. The molecule has 1 aliphatic heterocycles. The Hall–Kier alpha value is -2.23. The van der Waals surface area contributed by atoms with Crippen molar-refractivity contribution in [1.29, 1.82) is 0 Å². The van der Waals surface area contributed by atoms with Crippen molar-refractivity contribution in [3.63, 3.8) is 0 Å². The van der Waals surface area contributed by atoms with Crippen molar-refractivity contribution in [2.75, 3.05) is 13.1 Å². The number of carbonyl (C=O) groups is 2. The summed E-state index contributed by atoms with van der Waals surface area (Å²) in [6.45, 7) is 0.982. The predicted molar refractivity (Wildman–Crippen MR) is 108 cm³/mol. The maximum absolute atomic E-state index is 12.6. The summed E-state index contributed by atoms with van der Waals surface area (Å²) in [5.74, 6) is -0.959. The van der Waals surface area contributed by atoms with Gasteiger partial charge >= 0.3 is 0 Å². The van der Waals surface area contributed by atoms with Crippen LogP contribution in [-0.2, 0) is 21.2 Å². The maximum Gasteiger partial charge on any atom is 0.269 e. The topological polar surface area (TPSA) is 95.6 Å². The Bertz CT molecular complexity index is 971. The summed E-state index contributed by atoms with van der Waals surface area (Å²) >= 11 is 3.33. The van der Waals surface area contributed by atoms with Crippen LogP contribution in [-0.4, -0.2) is 37.6 Å². The van der Waals surface area contributed by atoms with E-state index in [1.165, 1.54) is 28.6 Å². The SMILES string of the molecule is O=C(Cc1ccc(Br)cc1)NNC(=O)c1cccc(S(=O)(=O)N2CCCC2)c1. The molecule has 28 heavy (non-hydrogen) atoms. The fraction of sp³-hybridized carbons (Fsp3) is 0.263. The first kappa shape index (κ1) is 20.5. The molecule has 1 aliphatic rings. The maximum atomic E-state index is 12.6. The van der Waals surface area contributed by atoms with Gasteiger partial charge in [-0.1, -0.05) is 34.1 Å².